The fourth-order valence-electron chi connectivity index (χ4n) is 1.99. The van der Waals surface area contributed by atoms with E-state index in [0.717, 1.165) is 0 Å². The van der Waals surface area contributed by atoms with E-state index in [-0.39, 0.29) is 16.8 Å². The van der Waals surface area contributed by atoms with Gasteiger partial charge in [-0.05, 0) is 26.2 Å². The molecule has 2 aromatic rings. The lowest BCUT2D eigenvalue weighted by molar-refractivity contribution is -0.138. The van der Waals surface area contributed by atoms with Crippen molar-refractivity contribution in [3.05, 3.63) is 35.4 Å². The number of hydrogen-bond acceptors (Lipinski definition) is 4. The number of nitrogen functional groups attached to an aromatic ring is 1. The molecule has 1 heterocycles. The zero-order chi connectivity index (χ0) is 22.4. The first kappa shape index (κ1) is 8.59. The number of aromatic nitrogens is 2. The molecule has 1 atom stereocenters. The van der Waals surface area contributed by atoms with Gasteiger partial charge in [0.2, 0.25) is 0 Å². The summed E-state index contributed by atoms with van der Waals surface area (Å²) < 4.78 is 53.9. The summed E-state index contributed by atoms with van der Waals surface area (Å²) in [7, 11) is 0. The quantitative estimate of drug-likeness (QED) is 0.903. The van der Waals surface area contributed by atoms with Crippen LogP contribution in [-0.4, -0.2) is 20.9 Å². The third kappa shape index (κ3) is 2.66. The first-order valence-electron chi connectivity index (χ1n) is 9.79. The zero-order valence-electron chi connectivity index (χ0n) is 18.7. The average Bonchev–Trinajstić information content (AvgIpc) is 2.95. The molecular formula is C16H18N4O2. The van der Waals surface area contributed by atoms with Gasteiger partial charge in [-0.15, -0.1) is 0 Å². The summed E-state index contributed by atoms with van der Waals surface area (Å²) in [5.74, 6) is -2.37. The predicted molar refractivity (Wildman–Crippen MR) is 83.2 cm³/mol. The predicted octanol–water partition coefficient (Wildman–Crippen LogP) is 2.77. The van der Waals surface area contributed by atoms with E-state index in [1.54, 1.807) is 6.07 Å². The number of nitrogens with zero attached hydrogens (tertiary/aromatic N) is 3. The van der Waals surface area contributed by atoms with E-state index in [0.29, 0.717) is 10.2 Å². The normalized spacial score (nSPS) is 18.5. The van der Waals surface area contributed by atoms with Crippen molar-refractivity contribution in [1.29, 1.82) is 5.26 Å². The molecule has 6 heteroatoms. The molecule has 2 rings (SSSR count). The van der Waals surface area contributed by atoms with Crippen LogP contribution in [0.3, 0.4) is 0 Å². The van der Waals surface area contributed by atoms with Crippen molar-refractivity contribution in [3.8, 4) is 17.3 Å². The van der Waals surface area contributed by atoms with Crippen LogP contribution in [0.15, 0.2) is 24.3 Å². The average molecular weight is 305 g/mol. The van der Waals surface area contributed by atoms with Crippen LogP contribution < -0.4 is 5.73 Å². The summed E-state index contributed by atoms with van der Waals surface area (Å²) in [6.07, 6.45) is 0. The van der Waals surface area contributed by atoms with Gasteiger partial charge in [0.15, 0.2) is 0 Å². The Labute approximate surface area is 138 Å². The molecule has 0 spiro atoms. The minimum absolute atomic E-state index is 0.107. The van der Waals surface area contributed by atoms with Crippen molar-refractivity contribution < 1.29 is 19.5 Å². The van der Waals surface area contributed by atoms with Crippen molar-refractivity contribution >= 4 is 11.8 Å². The highest BCUT2D eigenvalue weighted by Crippen LogP contribution is 2.29. The molecule has 1 aromatic carbocycles. The van der Waals surface area contributed by atoms with Gasteiger partial charge in [0, 0.05) is 19.8 Å². The van der Waals surface area contributed by atoms with Crippen LogP contribution in [0.5, 0.6) is 0 Å². The zero-order valence-corrected chi connectivity index (χ0v) is 11.7. The van der Waals surface area contributed by atoms with Gasteiger partial charge in [-0.2, -0.15) is 10.4 Å². The van der Waals surface area contributed by atoms with Crippen LogP contribution in [0.25, 0.3) is 11.3 Å². The van der Waals surface area contributed by atoms with Crippen molar-refractivity contribution in [3.63, 3.8) is 0 Å². The highest BCUT2D eigenvalue weighted by Gasteiger charge is 2.19. The van der Waals surface area contributed by atoms with Gasteiger partial charge in [-0.3, -0.25) is 4.79 Å². The maximum Gasteiger partial charge on any atom is 0.310 e. The molecule has 1 aromatic heterocycles. The molecule has 0 saturated carbocycles. The highest BCUT2D eigenvalue weighted by molar-refractivity contribution is 5.77. The van der Waals surface area contributed by atoms with Crippen LogP contribution >= 0.6 is 0 Å². The molecule has 0 bridgehead atoms. The lowest BCUT2D eigenvalue weighted by Gasteiger charge is -2.07. The van der Waals surface area contributed by atoms with Crippen molar-refractivity contribution in [2.45, 2.75) is 32.6 Å². The number of rotatable bonds is 4. The molecule has 3 N–H and O–H groups in total. The minimum atomic E-state index is -3.33. The number of hydrogen-bond donors (Lipinski definition) is 2. The SMILES string of the molecule is [2H]C([2H])([2H])C([2H])(n1nc(-c2ccc(C(C)C(=O)O)cc2)c(C#N)c1N)C([2H])([2H])[2H]. The second-order valence-corrected chi connectivity index (χ2v) is 4.66. The van der Waals surface area contributed by atoms with E-state index < -0.39 is 37.4 Å². The Bertz CT molecular complexity index is 957. The number of aliphatic carboxylic acids is 1. The molecular weight excluding hydrogens is 280 g/mol. The number of benzene rings is 1. The van der Waals surface area contributed by atoms with Gasteiger partial charge in [-0.25, -0.2) is 4.68 Å². The Balaban J connectivity index is 2.69. The van der Waals surface area contributed by atoms with Crippen LogP contribution in [0.1, 0.15) is 53.3 Å². The summed E-state index contributed by atoms with van der Waals surface area (Å²) in [5, 5.41) is 22.5. The number of nitriles is 1. The standard InChI is InChI=1S/C16H18N4O2/c1-9(2)20-15(18)13(8-17)14(19-20)12-6-4-11(5-7-12)10(3)16(21)22/h4-7,9-10H,18H2,1-3H3,(H,21,22)/i1D3,2D3,9D. The van der Waals surface area contributed by atoms with Gasteiger partial charge < -0.3 is 10.8 Å². The summed E-state index contributed by atoms with van der Waals surface area (Å²) in [5.41, 5.74) is 6.20. The largest absolute Gasteiger partial charge is 0.481 e. The van der Waals surface area contributed by atoms with E-state index in [1.165, 1.54) is 31.2 Å². The Kier molecular flexibility index (Phi) is 2.30. The van der Waals surface area contributed by atoms with Gasteiger partial charge >= 0.3 is 5.97 Å². The fourth-order valence-corrected chi connectivity index (χ4v) is 1.99. The van der Waals surface area contributed by atoms with E-state index in [2.05, 4.69) is 5.10 Å². The highest BCUT2D eigenvalue weighted by atomic mass is 16.4. The second kappa shape index (κ2) is 5.90. The maximum atomic E-state index is 11.1. The summed E-state index contributed by atoms with van der Waals surface area (Å²) >= 11 is 0. The molecule has 22 heavy (non-hydrogen) atoms. The van der Waals surface area contributed by atoms with E-state index in [9.17, 15) is 10.1 Å². The van der Waals surface area contributed by atoms with E-state index >= 15 is 0 Å². The molecule has 114 valence electrons. The van der Waals surface area contributed by atoms with Crippen LogP contribution in [-0.2, 0) is 4.79 Å². The third-order valence-electron chi connectivity index (χ3n) is 3.30. The Morgan fingerprint density at radius 3 is 2.64 bits per heavy atom. The van der Waals surface area contributed by atoms with E-state index in [4.69, 9.17) is 20.4 Å². The summed E-state index contributed by atoms with van der Waals surface area (Å²) in [4.78, 5) is 11.1. The third-order valence-corrected chi connectivity index (χ3v) is 3.30. The molecule has 6 nitrogen and oxygen atoms in total. The molecule has 0 saturated heterocycles. The van der Waals surface area contributed by atoms with Crippen LogP contribution in [0.4, 0.5) is 5.82 Å². The molecule has 0 fully saturated rings. The molecule has 0 aliphatic rings. The number of carboxylic acids is 1. The molecule has 1 unspecified atom stereocenters. The van der Waals surface area contributed by atoms with Crippen molar-refractivity contribution in [1.82, 2.24) is 9.78 Å². The van der Waals surface area contributed by atoms with Gasteiger partial charge in [-0.1, -0.05) is 24.3 Å². The van der Waals surface area contributed by atoms with Crippen LogP contribution in [0.2, 0.25) is 0 Å². The molecule has 0 amide bonds. The van der Waals surface area contributed by atoms with Gasteiger partial charge in [0.25, 0.3) is 0 Å². The molecule has 0 radical (unpaired) electrons. The second-order valence-electron chi connectivity index (χ2n) is 4.66. The fraction of sp³-hybridized carbons (Fsp3) is 0.312. The van der Waals surface area contributed by atoms with E-state index in [1.807, 2.05) is 0 Å². The smallest absolute Gasteiger partial charge is 0.310 e. The Hall–Kier alpha value is -2.81. The number of anilines is 1. The number of carbonyl (C=O) groups is 1. The van der Waals surface area contributed by atoms with Crippen molar-refractivity contribution in [2.24, 2.45) is 0 Å². The summed E-state index contributed by atoms with van der Waals surface area (Å²) in [6, 6.07) is 4.44. The monoisotopic (exact) mass is 305 g/mol. The summed E-state index contributed by atoms with van der Waals surface area (Å²) in [6.45, 7) is -5.17. The maximum absolute atomic E-state index is 11.1. The first-order valence-corrected chi connectivity index (χ1v) is 6.29. The van der Waals surface area contributed by atoms with Crippen molar-refractivity contribution in [2.75, 3.05) is 5.73 Å². The lowest BCUT2D eigenvalue weighted by atomic mass is 9.98. The van der Waals surface area contributed by atoms with Crippen LogP contribution in [0, 0.1) is 11.3 Å². The first-order chi connectivity index (χ1) is 13.2. The van der Waals surface area contributed by atoms with Gasteiger partial charge in [0.05, 0.1) is 7.29 Å². The minimum Gasteiger partial charge on any atom is -0.481 e. The Morgan fingerprint density at radius 2 is 2.14 bits per heavy atom. The lowest BCUT2D eigenvalue weighted by Crippen LogP contribution is -2.07. The number of carboxylic acid groups (broad SMARTS) is 1. The van der Waals surface area contributed by atoms with Gasteiger partial charge in [0.1, 0.15) is 23.1 Å². The Morgan fingerprint density at radius 1 is 1.50 bits per heavy atom. The number of nitrogens with two attached hydrogens (primary N) is 1. The topological polar surface area (TPSA) is 105 Å². The molecule has 0 aliphatic carbocycles. The molecule has 0 aliphatic heterocycles.